The topological polar surface area (TPSA) is 50.9 Å². The van der Waals surface area contributed by atoms with Gasteiger partial charge in [0.05, 0.1) is 11.2 Å². The van der Waals surface area contributed by atoms with Crippen molar-refractivity contribution in [1.82, 2.24) is 14.8 Å². The summed E-state index contributed by atoms with van der Waals surface area (Å²) in [6.45, 7) is 0. The van der Waals surface area contributed by atoms with Crippen LogP contribution in [0, 0.1) is 0 Å². The van der Waals surface area contributed by atoms with Crippen LogP contribution in [0.5, 0.6) is 0 Å². The van der Waals surface area contributed by atoms with E-state index in [0.29, 0.717) is 5.69 Å². The van der Waals surface area contributed by atoms with Crippen LogP contribution >= 0.6 is 0 Å². The van der Waals surface area contributed by atoms with Crippen molar-refractivity contribution in [3.05, 3.63) is 60.0 Å². The highest BCUT2D eigenvalue weighted by atomic mass is 16.3. The van der Waals surface area contributed by atoms with Gasteiger partial charge in [0, 0.05) is 24.8 Å². The smallest absolute Gasteiger partial charge is 0.123 e. The molecule has 0 amide bonds. The average molecular weight is 239 g/mol. The first-order chi connectivity index (χ1) is 8.74. The minimum absolute atomic E-state index is 0.646. The van der Waals surface area contributed by atoms with Gasteiger partial charge in [-0.15, -0.1) is 0 Å². The maximum atomic E-state index is 10.3. The van der Waals surface area contributed by atoms with Gasteiger partial charge in [-0.1, -0.05) is 18.2 Å². The van der Waals surface area contributed by atoms with Gasteiger partial charge in [-0.05, 0) is 23.8 Å². The number of aliphatic hydroxyl groups is 1. The molecule has 1 aromatic carbocycles. The number of aliphatic hydroxyl groups excluding tert-OH is 1. The summed E-state index contributed by atoms with van der Waals surface area (Å²) in [6.07, 6.45) is 2.86. The van der Waals surface area contributed by atoms with Gasteiger partial charge in [0.25, 0.3) is 0 Å². The molecule has 0 radical (unpaired) electrons. The van der Waals surface area contributed by atoms with E-state index < -0.39 is 6.10 Å². The molecule has 0 saturated carbocycles. The van der Waals surface area contributed by atoms with Crippen molar-refractivity contribution >= 4 is 10.9 Å². The Bertz CT molecular complexity index is 690. The van der Waals surface area contributed by atoms with Crippen LogP contribution in [-0.4, -0.2) is 19.9 Å². The monoisotopic (exact) mass is 239 g/mol. The average Bonchev–Trinajstić information content (AvgIpc) is 2.84. The molecular weight excluding hydrogens is 226 g/mol. The first kappa shape index (κ1) is 10.9. The number of hydrogen-bond acceptors (Lipinski definition) is 3. The lowest BCUT2D eigenvalue weighted by molar-refractivity contribution is 0.214. The Hall–Kier alpha value is -2.20. The third-order valence-corrected chi connectivity index (χ3v) is 2.96. The van der Waals surface area contributed by atoms with E-state index in [4.69, 9.17) is 0 Å². The molecule has 4 heteroatoms. The van der Waals surface area contributed by atoms with E-state index in [1.807, 2.05) is 49.6 Å². The molecular formula is C14H13N3O. The van der Waals surface area contributed by atoms with Crippen LogP contribution < -0.4 is 0 Å². The van der Waals surface area contributed by atoms with E-state index in [1.165, 1.54) is 0 Å². The summed E-state index contributed by atoms with van der Waals surface area (Å²) in [5.41, 5.74) is 2.33. The highest BCUT2D eigenvalue weighted by molar-refractivity contribution is 5.79. The van der Waals surface area contributed by atoms with Crippen LogP contribution in [0.25, 0.3) is 10.9 Å². The Morgan fingerprint density at radius 3 is 2.89 bits per heavy atom. The maximum Gasteiger partial charge on any atom is 0.123 e. The van der Waals surface area contributed by atoms with Gasteiger partial charge in [0.15, 0.2) is 0 Å². The molecule has 2 aromatic heterocycles. The number of rotatable bonds is 2. The van der Waals surface area contributed by atoms with E-state index >= 15 is 0 Å². The molecule has 0 spiro atoms. The van der Waals surface area contributed by atoms with Crippen molar-refractivity contribution in [2.24, 2.45) is 7.05 Å². The largest absolute Gasteiger partial charge is 0.382 e. The zero-order valence-electron chi connectivity index (χ0n) is 9.99. The minimum atomic E-state index is -0.711. The van der Waals surface area contributed by atoms with Crippen LogP contribution in [0.1, 0.15) is 17.4 Å². The SMILES string of the molecule is Cn1ccc(C(O)c2ccc3cccnc3c2)n1. The number of nitrogens with zero attached hydrogens (tertiary/aromatic N) is 3. The highest BCUT2D eigenvalue weighted by Gasteiger charge is 2.13. The van der Waals surface area contributed by atoms with Crippen molar-refractivity contribution in [3.8, 4) is 0 Å². The quantitative estimate of drug-likeness (QED) is 0.744. The molecule has 0 bridgehead atoms. The number of hydrogen-bond donors (Lipinski definition) is 1. The molecule has 1 N–H and O–H groups in total. The standard InChI is InChI=1S/C14H13N3O/c1-17-8-6-12(16-17)14(18)11-5-4-10-3-2-7-15-13(10)9-11/h2-9,14,18H,1H3. The molecule has 0 fully saturated rings. The third-order valence-electron chi connectivity index (χ3n) is 2.96. The number of benzene rings is 1. The molecule has 1 unspecified atom stereocenters. The van der Waals surface area contributed by atoms with E-state index in [0.717, 1.165) is 16.5 Å². The summed E-state index contributed by atoms with van der Waals surface area (Å²) >= 11 is 0. The third kappa shape index (κ3) is 1.87. The second-order valence-electron chi connectivity index (χ2n) is 4.27. The predicted molar refractivity (Wildman–Crippen MR) is 69.0 cm³/mol. The van der Waals surface area contributed by atoms with Crippen molar-refractivity contribution < 1.29 is 5.11 Å². The fraction of sp³-hybridized carbons (Fsp3) is 0.143. The first-order valence-corrected chi connectivity index (χ1v) is 5.76. The second-order valence-corrected chi connectivity index (χ2v) is 4.27. The normalized spacial score (nSPS) is 12.8. The molecule has 90 valence electrons. The van der Waals surface area contributed by atoms with Crippen molar-refractivity contribution in [1.29, 1.82) is 0 Å². The number of pyridine rings is 1. The lowest BCUT2D eigenvalue weighted by Crippen LogP contribution is -2.01. The fourth-order valence-electron chi connectivity index (χ4n) is 2.00. The van der Waals surface area contributed by atoms with Gasteiger partial charge < -0.3 is 5.11 Å². The van der Waals surface area contributed by atoms with E-state index in [1.54, 1.807) is 10.9 Å². The lowest BCUT2D eigenvalue weighted by atomic mass is 10.0. The summed E-state index contributed by atoms with van der Waals surface area (Å²) in [5, 5.41) is 15.5. The Balaban J connectivity index is 2.03. The van der Waals surface area contributed by atoms with Crippen molar-refractivity contribution in [2.75, 3.05) is 0 Å². The van der Waals surface area contributed by atoms with Gasteiger partial charge in [0.1, 0.15) is 6.10 Å². The Labute approximate surface area is 105 Å². The Morgan fingerprint density at radius 2 is 2.11 bits per heavy atom. The van der Waals surface area contributed by atoms with Crippen LogP contribution in [0.15, 0.2) is 48.8 Å². The summed E-state index contributed by atoms with van der Waals surface area (Å²) in [6, 6.07) is 11.5. The number of aromatic nitrogens is 3. The van der Waals surface area contributed by atoms with E-state index in [9.17, 15) is 5.11 Å². The van der Waals surface area contributed by atoms with E-state index in [2.05, 4.69) is 10.1 Å². The second kappa shape index (κ2) is 4.23. The molecule has 0 aliphatic rings. The molecule has 1 atom stereocenters. The molecule has 18 heavy (non-hydrogen) atoms. The van der Waals surface area contributed by atoms with Crippen LogP contribution in [-0.2, 0) is 7.05 Å². The molecule has 0 aliphatic carbocycles. The number of fused-ring (bicyclic) bond motifs is 1. The summed E-state index contributed by atoms with van der Waals surface area (Å²) in [7, 11) is 1.83. The van der Waals surface area contributed by atoms with Gasteiger partial charge in [-0.2, -0.15) is 5.10 Å². The highest BCUT2D eigenvalue weighted by Crippen LogP contribution is 2.23. The van der Waals surface area contributed by atoms with E-state index in [-0.39, 0.29) is 0 Å². The predicted octanol–water partition coefficient (Wildman–Crippen LogP) is 2.05. The van der Waals surface area contributed by atoms with Crippen LogP contribution in [0.2, 0.25) is 0 Å². The Kier molecular flexibility index (Phi) is 2.57. The van der Waals surface area contributed by atoms with Gasteiger partial charge in [-0.25, -0.2) is 0 Å². The van der Waals surface area contributed by atoms with Gasteiger partial charge >= 0.3 is 0 Å². The lowest BCUT2D eigenvalue weighted by Gasteiger charge is -2.08. The van der Waals surface area contributed by atoms with Crippen LogP contribution in [0.3, 0.4) is 0 Å². The first-order valence-electron chi connectivity index (χ1n) is 5.76. The van der Waals surface area contributed by atoms with Gasteiger partial charge in [-0.3, -0.25) is 9.67 Å². The maximum absolute atomic E-state index is 10.3. The van der Waals surface area contributed by atoms with Crippen molar-refractivity contribution in [2.45, 2.75) is 6.10 Å². The summed E-state index contributed by atoms with van der Waals surface area (Å²) in [5.74, 6) is 0. The van der Waals surface area contributed by atoms with Crippen LogP contribution in [0.4, 0.5) is 0 Å². The number of aryl methyl sites for hydroxylation is 1. The molecule has 3 aromatic rings. The summed E-state index contributed by atoms with van der Waals surface area (Å²) in [4.78, 5) is 4.29. The zero-order chi connectivity index (χ0) is 12.5. The zero-order valence-corrected chi connectivity index (χ0v) is 9.99. The summed E-state index contributed by atoms with van der Waals surface area (Å²) < 4.78 is 1.68. The molecule has 3 rings (SSSR count). The fourth-order valence-corrected chi connectivity index (χ4v) is 2.00. The molecule has 0 aliphatic heterocycles. The minimum Gasteiger partial charge on any atom is -0.382 e. The van der Waals surface area contributed by atoms with Crippen molar-refractivity contribution in [3.63, 3.8) is 0 Å². The van der Waals surface area contributed by atoms with Gasteiger partial charge in [0.2, 0.25) is 0 Å². The Morgan fingerprint density at radius 1 is 1.22 bits per heavy atom. The molecule has 4 nitrogen and oxygen atoms in total. The molecule has 2 heterocycles. The molecule has 0 saturated heterocycles.